The zero-order chi connectivity index (χ0) is 10.7. The lowest BCUT2D eigenvalue weighted by molar-refractivity contribution is 1.45. The lowest BCUT2D eigenvalue weighted by Gasteiger charge is -2.01. The fraction of sp³-hybridized carbons (Fsp3) is 0. The highest BCUT2D eigenvalue weighted by atomic mass is 35.5. The van der Waals surface area contributed by atoms with Crippen molar-refractivity contribution in [3.05, 3.63) is 31.4 Å². The van der Waals surface area contributed by atoms with Crippen LogP contribution in [-0.2, 0) is 0 Å². The van der Waals surface area contributed by atoms with Crippen LogP contribution in [0.5, 0.6) is 0 Å². The van der Waals surface area contributed by atoms with Crippen molar-refractivity contribution in [1.29, 1.82) is 0 Å². The van der Waals surface area contributed by atoms with E-state index in [1.165, 1.54) is 0 Å². The fourth-order valence-corrected chi connectivity index (χ4v) is 1.99. The van der Waals surface area contributed by atoms with Crippen LogP contribution in [0.2, 0.25) is 15.1 Å². The molecule has 0 amide bonds. The maximum atomic E-state index is 11.1. The van der Waals surface area contributed by atoms with Gasteiger partial charge in [-0.1, -0.05) is 34.8 Å². The maximum absolute atomic E-state index is 11.1. The quantitative estimate of drug-likeness (QED) is 0.583. The van der Waals surface area contributed by atoms with E-state index in [4.69, 9.17) is 34.8 Å². The van der Waals surface area contributed by atoms with E-state index in [9.17, 15) is 4.79 Å². The third-order valence-electron chi connectivity index (χ3n) is 2.16. The lowest BCUT2D eigenvalue weighted by atomic mass is 10.3. The first kappa shape index (κ1) is 9.33. The molecule has 0 radical (unpaired) electrons. The number of rotatable bonds is 0. The third-order valence-corrected chi connectivity index (χ3v) is 3.42. The topological polar surface area (TPSA) is 42.9 Å². The fourth-order valence-electron chi connectivity index (χ4n) is 1.36. The molecule has 0 N–H and O–H groups in total. The summed E-state index contributed by atoms with van der Waals surface area (Å²) >= 11 is 17.6. The van der Waals surface area contributed by atoms with Crippen LogP contribution in [0.4, 0.5) is 0 Å². The Morgan fingerprint density at radius 3 is 2.33 bits per heavy atom. The number of fused-ring (bicyclic) bond motifs is 2. The van der Waals surface area contributed by atoms with Crippen molar-refractivity contribution < 1.29 is 0 Å². The van der Waals surface area contributed by atoms with Gasteiger partial charge in [0.15, 0.2) is 0 Å². The molecule has 3 aromatic rings. The molecule has 0 aliphatic carbocycles. The van der Waals surface area contributed by atoms with Gasteiger partial charge in [-0.2, -0.15) is 0 Å². The van der Waals surface area contributed by atoms with E-state index in [1.54, 1.807) is 6.07 Å². The molecule has 3 rings (SSSR count). The van der Waals surface area contributed by atoms with Crippen molar-refractivity contribution in [2.75, 3.05) is 0 Å². The highest BCUT2D eigenvalue weighted by Gasteiger charge is 2.20. The maximum Gasteiger partial charge on any atom is 0.234 e. The Kier molecular flexibility index (Phi) is 1.75. The largest absolute Gasteiger partial charge is 0.285 e. The zero-order valence-corrected chi connectivity index (χ0v) is 9.28. The van der Waals surface area contributed by atoms with Crippen LogP contribution < -0.4 is 5.43 Å². The van der Waals surface area contributed by atoms with Gasteiger partial charge in [0.1, 0.15) is 16.6 Å². The Labute approximate surface area is 98.3 Å². The normalized spacial score (nSPS) is 11.9. The van der Waals surface area contributed by atoms with Crippen LogP contribution in [0.15, 0.2) is 10.9 Å². The first-order valence-corrected chi connectivity index (χ1v) is 5.13. The molecule has 0 aliphatic rings. The molecule has 0 saturated heterocycles. The molecule has 0 unspecified atom stereocenters. The first-order valence-electron chi connectivity index (χ1n) is 3.99. The Hall–Kier alpha value is -0.900. The molecular weight excluding hydrogens is 258 g/mol. The summed E-state index contributed by atoms with van der Waals surface area (Å²) in [5, 5.41) is 0.763. The second-order valence-electron chi connectivity index (χ2n) is 3.10. The highest BCUT2D eigenvalue weighted by Crippen LogP contribution is 2.35. The minimum Gasteiger partial charge on any atom is -0.285 e. The molecule has 2 aromatic carbocycles. The Morgan fingerprint density at radius 1 is 0.933 bits per heavy atom. The summed E-state index contributed by atoms with van der Waals surface area (Å²) in [5.41, 5.74) is 1.50. The second kappa shape index (κ2) is 2.82. The van der Waals surface area contributed by atoms with E-state index in [-0.39, 0.29) is 15.5 Å². The van der Waals surface area contributed by atoms with E-state index in [2.05, 4.69) is 9.97 Å². The van der Waals surface area contributed by atoms with Crippen LogP contribution in [0.1, 0.15) is 0 Å². The highest BCUT2D eigenvalue weighted by molar-refractivity contribution is 6.50. The van der Waals surface area contributed by atoms with Gasteiger partial charge in [-0.3, -0.25) is 4.79 Å². The van der Waals surface area contributed by atoms with Crippen LogP contribution in [0, 0.1) is 0 Å². The van der Waals surface area contributed by atoms with Gasteiger partial charge in [-0.15, -0.1) is 0 Å². The Morgan fingerprint density at radius 2 is 1.60 bits per heavy atom. The van der Waals surface area contributed by atoms with Gasteiger partial charge in [-0.05, 0) is 6.07 Å². The van der Waals surface area contributed by atoms with Crippen molar-refractivity contribution in [3.63, 3.8) is 0 Å². The number of halogens is 3. The molecule has 0 spiro atoms. The van der Waals surface area contributed by atoms with Crippen LogP contribution in [-0.4, -0.2) is 9.97 Å². The summed E-state index contributed by atoms with van der Waals surface area (Å²) in [6.45, 7) is 0. The van der Waals surface area contributed by atoms with Gasteiger partial charge in [0.25, 0.3) is 0 Å². The third kappa shape index (κ3) is 1.17. The molecule has 1 heterocycles. The number of nitrogens with zero attached hydrogens (tertiary/aromatic N) is 2. The molecule has 6 heteroatoms. The minimum atomic E-state index is -0.144. The summed E-state index contributed by atoms with van der Waals surface area (Å²) in [4.78, 5) is 19.2. The molecule has 15 heavy (non-hydrogen) atoms. The predicted octanol–water partition coefficient (Wildman–Crippen LogP) is 2.98. The molecule has 74 valence electrons. The molecular formula is C9HCl3N2O. The molecule has 0 saturated carbocycles. The summed E-state index contributed by atoms with van der Waals surface area (Å²) in [6.07, 6.45) is 0. The molecule has 3 nitrogen and oxygen atoms in total. The van der Waals surface area contributed by atoms with Gasteiger partial charge >= 0.3 is 0 Å². The molecule has 1 aromatic heterocycles. The SMILES string of the molecule is O=c1c2nc3cc(Cl)c(Cl)c(Cl)c3nc12. The number of hydrogen-bond donors (Lipinski definition) is 0. The van der Waals surface area contributed by atoms with Crippen LogP contribution >= 0.6 is 34.8 Å². The smallest absolute Gasteiger partial charge is 0.234 e. The van der Waals surface area contributed by atoms with Gasteiger partial charge in [0.05, 0.1) is 20.6 Å². The molecule has 0 bridgehead atoms. The van der Waals surface area contributed by atoms with E-state index >= 15 is 0 Å². The van der Waals surface area contributed by atoms with Crippen LogP contribution in [0.3, 0.4) is 0 Å². The average Bonchev–Trinajstić information content (AvgIpc) is 2.84. The lowest BCUT2D eigenvalue weighted by Crippen LogP contribution is -1.83. The van der Waals surface area contributed by atoms with Gasteiger partial charge < -0.3 is 0 Å². The van der Waals surface area contributed by atoms with E-state index in [1.807, 2.05) is 0 Å². The summed E-state index contributed by atoms with van der Waals surface area (Å²) < 4.78 is 0. The van der Waals surface area contributed by atoms with Gasteiger partial charge in [0.2, 0.25) is 5.43 Å². The van der Waals surface area contributed by atoms with E-state index in [0.29, 0.717) is 27.1 Å². The summed E-state index contributed by atoms with van der Waals surface area (Å²) in [5.74, 6) is 0. The van der Waals surface area contributed by atoms with Crippen molar-refractivity contribution in [2.45, 2.75) is 0 Å². The Bertz CT molecular complexity index is 728. The predicted molar refractivity (Wildman–Crippen MR) is 60.7 cm³/mol. The zero-order valence-electron chi connectivity index (χ0n) is 7.01. The van der Waals surface area contributed by atoms with Gasteiger partial charge in [-0.25, -0.2) is 9.97 Å². The van der Waals surface area contributed by atoms with Crippen molar-refractivity contribution in [1.82, 2.24) is 9.97 Å². The average molecular weight is 259 g/mol. The van der Waals surface area contributed by atoms with Crippen LogP contribution in [0.25, 0.3) is 22.1 Å². The van der Waals surface area contributed by atoms with Gasteiger partial charge in [0, 0.05) is 0 Å². The minimum absolute atomic E-state index is 0.144. The number of aromatic nitrogens is 2. The van der Waals surface area contributed by atoms with E-state index < -0.39 is 0 Å². The first-order chi connectivity index (χ1) is 7.09. The van der Waals surface area contributed by atoms with Crippen molar-refractivity contribution >= 4 is 56.9 Å². The molecule has 0 fully saturated rings. The van der Waals surface area contributed by atoms with E-state index in [0.717, 1.165) is 0 Å². The molecule has 0 atom stereocenters. The number of benzene rings is 1. The summed E-state index contributed by atoms with van der Waals surface area (Å²) in [7, 11) is 0. The second-order valence-corrected chi connectivity index (χ2v) is 4.27. The van der Waals surface area contributed by atoms with Crippen molar-refractivity contribution in [3.8, 4) is 0 Å². The standard InChI is InChI=1S/C9HCl3N2O/c10-2-1-3-6(5(12)4(2)11)14-8-7(13-3)9(8)15/h1H. The summed E-state index contributed by atoms with van der Waals surface area (Å²) in [6, 6.07) is 1.55. The van der Waals surface area contributed by atoms with Crippen molar-refractivity contribution in [2.24, 2.45) is 0 Å². The number of hydrogen-bond acceptors (Lipinski definition) is 3. The molecule has 0 aliphatic heterocycles. The monoisotopic (exact) mass is 258 g/mol. The Balaban J connectivity index is 2.56.